The first-order valence-corrected chi connectivity index (χ1v) is 11.9. The highest BCUT2D eigenvalue weighted by Crippen LogP contribution is 2.34. The van der Waals surface area contributed by atoms with Crippen molar-refractivity contribution >= 4 is 30.4 Å². The molecule has 0 spiro atoms. The van der Waals surface area contributed by atoms with E-state index in [9.17, 15) is 9.67 Å². The lowest BCUT2D eigenvalue weighted by Crippen LogP contribution is -2.49. The number of halogens is 1. The minimum Gasteiger partial charge on any atom is -0.494 e. The van der Waals surface area contributed by atoms with Gasteiger partial charge in [-0.2, -0.15) is 4.57 Å². The highest BCUT2D eigenvalue weighted by molar-refractivity contribution is 14.1. The number of benzene rings is 1. The van der Waals surface area contributed by atoms with Crippen molar-refractivity contribution in [2.45, 2.75) is 57.4 Å². The maximum atomic E-state index is 10.9. The van der Waals surface area contributed by atoms with Crippen LogP contribution in [0.4, 0.5) is 0 Å². The normalized spacial score (nSPS) is 14.1. The Morgan fingerprint density at radius 2 is 1.96 bits per heavy atom. The number of rotatable bonds is 14. The van der Waals surface area contributed by atoms with Gasteiger partial charge in [0, 0.05) is 3.57 Å². The van der Waals surface area contributed by atoms with Crippen LogP contribution in [0.15, 0.2) is 18.2 Å². The highest BCUT2D eigenvalue weighted by atomic mass is 127. The van der Waals surface area contributed by atoms with E-state index in [4.69, 9.17) is 20.3 Å². The molecule has 0 aliphatic carbocycles. The number of nitrogens with two attached hydrogens (primary N) is 1. The Balaban J connectivity index is 2.50. The summed E-state index contributed by atoms with van der Waals surface area (Å²) in [6, 6.07) is 5.85. The number of unbranched alkanes of at least 4 members (excludes halogenated alkanes) is 4. The summed E-state index contributed by atoms with van der Waals surface area (Å²) in [6.07, 6.45) is 6.91. The fourth-order valence-electron chi connectivity index (χ4n) is 2.54. The first kappa shape index (κ1) is 24.8. The summed E-state index contributed by atoms with van der Waals surface area (Å²) in [6.45, 7) is 2.22. The second-order valence-electron chi connectivity index (χ2n) is 6.85. The second kappa shape index (κ2) is 12.4. The summed E-state index contributed by atoms with van der Waals surface area (Å²) in [5.74, 6) is 0.830. The molecule has 0 amide bonds. The van der Waals surface area contributed by atoms with Gasteiger partial charge in [0.1, 0.15) is 11.3 Å². The first-order chi connectivity index (χ1) is 12.7. The number of aliphatic hydroxyl groups is 2. The van der Waals surface area contributed by atoms with Crippen LogP contribution in [-0.2, 0) is 11.0 Å². The smallest absolute Gasteiger partial charge is 0.494 e. The van der Waals surface area contributed by atoms with Gasteiger partial charge >= 0.3 is 7.82 Å². The van der Waals surface area contributed by atoms with E-state index in [2.05, 4.69) is 34.0 Å². The highest BCUT2D eigenvalue weighted by Gasteiger charge is 2.33. The predicted octanol–water partition coefficient (Wildman–Crippen LogP) is 2.88. The minimum absolute atomic E-state index is 0.288. The Morgan fingerprint density at radius 1 is 1.26 bits per heavy atom. The number of hydrogen-bond donors (Lipinski definition) is 4. The predicted molar refractivity (Wildman–Crippen MR) is 115 cm³/mol. The molecule has 7 nitrogen and oxygen atoms in total. The van der Waals surface area contributed by atoms with Gasteiger partial charge in [-0.05, 0) is 59.5 Å². The average Bonchev–Trinajstić information content (AvgIpc) is 2.61. The molecule has 9 heteroatoms. The molecule has 0 aromatic heterocycles. The van der Waals surface area contributed by atoms with E-state index in [0.29, 0.717) is 19.4 Å². The monoisotopic (exact) mass is 516 g/mol. The summed E-state index contributed by atoms with van der Waals surface area (Å²) in [5, 5.41) is 9.49. The first-order valence-electron chi connectivity index (χ1n) is 9.24. The lowest BCUT2D eigenvalue weighted by molar-refractivity contribution is 0.0135. The molecule has 0 fully saturated rings. The summed E-state index contributed by atoms with van der Waals surface area (Å²) < 4.78 is 21.0. The Bertz CT molecular complexity index is 612. The van der Waals surface area contributed by atoms with Crippen molar-refractivity contribution in [1.82, 2.24) is 0 Å². The molecule has 1 aromatic rings. The SMILES string of the molecule is CCCCCCCOc1ccc(CCC(N)(CO)C[OH+]P(=O)(O)O)c(I)c1. The molecule has 156 valence electrons. The van der Waals surface area contributed by atoms with Gasteiger partial charge in [0.2, 0.25) is 0 Å². The molecule has 0 aliphatic rings. The van der Waals surface area contributed by atoms with E-state index in [-0.39, 0.29) is 6.61 Å². The Morgan fingerprint density at radius 3 is 2.56 bits per heavy atom. The van der Waals surface area contributed by atoms with Crippen LogP contribution in [-0.4, -0.2) is 44.8 Å². The van der Waals surface area contributed by atoms with Gasteiger partial charge in [-0.3, -0.25) is 9.79 Å². The van der Waals surface area contributed by atoms with Crippen LogP contribution in [0, 0.1) is 3.57 Å². The molecule has 0 saturated carbocycles. The van der Waals surface area contributed by atoms with Gasteiger partial charge in [0.15, 0.2) is 6.61 Å². The van der Waals surface area contributed by atoms with Gasteiger partial charge in [-0.15, -0.1) is 0 Å². The maximum absolute atomic E-state index is 10.9. The number of aryl methyl sites for hydroxylation is 1. The van der Waals surface area contributed by atoms with Crippen molar-refractivity contribution in [1.29, 1.82) is 0 Å². The van der Waals surface area contributed by atoms with E-state index in [1.807, 2.05) is 18.2 Å². The fraction of sp³-hybridized carbons (Fsp3) is 0.667. The Hall–Kier alpha value is -0.220. The van der Waals surface area contributed by atoms with Crippen LogP contribution in [0.1, 0.15) is 51.0 Å². The third-order valence-electron chi connectivity index (χ3n) is 4.32. The van der Waals surface area contributed by atoms with E-state index in [1.54, 1.807) is 0 Å². The summed E-state index contributed by atoms with van der Waals surface area (Å²) in [5.41, 5.74) is 5.93. The minimum atomic E-state index is -4.49. The third kappa shape index (κ3) is 10.8. The second-order valence-corrected chi connectivity index (χ2v) is 9.32. The molecular formula is C18H32INO6P+. The topological polar surface area (TPSA) is 126 Å². The van der Waals surface area contributed by atoms with Gasteiger partial charge in [-0.1, -0.05) is 38.7 Å². The molecule has 1 atom stereocenters. The van der Waals surface area contributed by atoms with E-state index in [1.165, 1.54) is 25.7 Å². The van der Waals surface area contributed by atoms with Gasteiger partial charge < -0.3 is 20.1 Å². The van der Waals surface area contributed by atoms with Crippen LogP contribution in [0.5, 0.6) is 5.75 Å². The number of hydrogen-bond acceptors (Lipinski definition) is 4. The van der Waals surface area contributed by atoms with Crippen molar-refractivity contribution in [2.75, 3.05) is 19.8 Å². The van der Waals surface area contributed by atoms with Crippen LogP contribution >= 0.6 is 30.4 Å². The number of aliphatic hydroxyl groups excluding tert-OH is 1. The Labute approximate surface area is 175 Å². The summed E-state index contributed by atoms with van der Waals surface area (Å²) >= 11 is 2.23. The largest absolute Gasteiger partial charge is 0.629 e. The zero-order valence-electron chi connectivity index (χ0n) is 15.8. The zero-order valence-corrected chi connectivity index (χ0v) is 18.9. The van der Waals surface area contributed by atoms with Gasteiger partial charge in [0.05, 0.1) is 13.2 Å². The van der Waals surface area contributed by atoms with Crippen LogP contribution in [0.3, 0.4) is 0 Å². The molecule has 0 bridgehead atoms. The summed E-state index contributed by atoms with van der Waals surface area (Å²) in [7, 11) is -4.49. The van der Waals surface area contributed by atoms with Crippen LogP contribution < -0.4 is 10.5 Å². The van der Waals surface area contributed by atoms with E-state index in [0.717, 1.165) is 21.3 Å². The molecule has 0 saturated heterocycles. The lowest BCUT2D eigenvalue weighted by Gasteiger charge is -2.24. The van der Waals surface area contributed by atoms with Crippen molar-refractivity contribution in [3.63, 3.8) is 0 Å². The molecule has 1 aromatic carbocycles. The van der Waals surface area contributed by atoms with Crippen LogP contribution in [0.25, 0.3) is 0 Å². The van der Waals surface area contributed by atoms with E-state index < -0.39 is 20.0 Å². The molecular weight excluding hydrogens is 484 g/mol. The fourth-order valence-corrected chi connectivity index (χ4v) is 3.76. The zero-order chi connectivity index (χ0) is 20.3. The molecule has 0 radical (unpaired) electrons. The summed E-state index contributed by atoms with van der Waals surface area (Å²) in [4.78, 5) is 17.7. The molecule has 27 heavy (non-hydrogen) atoms. The standard InChI is InChI=1S/C18H31INO6P/c1-2-3-4-5-6-11-25-16-8-7-15(17(19)12-16)9-10-18(20,13-21)14-26-27(22,23)24/h7-8,12,21H,2-6,9-11,13-14,20H2,1H3,(H2,22,23,24)/p+1. The van der Waals surface area contributed by atoms with E-state index >= 15 is 0 Å². The van der Waals surface area contributed by atoms with Crippen molar-refractivity contribution < 1.29 is 28.7 Å². The van der Waals surface area contributed by atoms with Gasteiger partial charge in [0.25, 0.3) is 0 Å². The maximum Gasteiger partial charge on any atom is 0.629 e. The molecule has 0 heterocycles. The van der Waals surface area contributed by atoms with Crippen molar-refractivity contribution in [2.24, 2.45) is 5.73 Å². The lowest BCUT2D eigenvalue weighted by atomic mass is 9.94. The average molecular weight is 516 g/mol. The van der Waals surface area contributed by atoms with Crippen molar-refractivity contribution in [3.8, 4) is 5.75 Å². The number of ether oxygens (including phenoxy) is 1. The van der Waals surface area contributed by atoms with Crippen LogP contribution in [0.2, 0.25) is 0 Å². The van der Waals surface area contributed by atoms with Crippen molar-refractivity contribution in [3.05, 3.63) is 27.3 Å². The van der Waals surface area contributed by atoms with Gasteiger partial charge in [-0.25, -0.2) is 0 Å². The molecule has 6 N–H and O–H groups in total. The Kier molecular flexibility index (Phi) is 11.4. The molecule has 0 aliphatic heterocycles. The molecule has 1 unspecified atom stereocenters. The quantitative estimate of drug-likeness (QED) is 0.130. The third-order valence-corrected chi connectivity index (χ3v) is 5.83. The molecule has 1 rings (SSSR count).